The van der Waals surface area contributed by atoms with Crippen LogP contribution in [0.2, 0.25) is 0 Å². The second-order valence-corrected chi connectivity index (χ2v) is 6.55. The second-order valence-electron chi connectivity index (χ2n) is 5.70. The highest BCUT2D eigenvalue weighted by Gasteiger charge is 2.19. The predicted octanol–water partition coefficient (Wildman–Crippen LogP) is 5.30. The summed E-state index contributed by atoms with van der Waals surface area (Å²) in [5, 5.41) is 12.5. The van der Waals surface area contributed by atoms with Gasteiger partial charge < -0.3 is 0 Å². The Bertz CT molecular complexity index is 692. The molecule has 3 heteroatoms. The van der Waals surface area contributed by atoms with Crippen LogP contribution in [0, 0.1) is 17.2 Å². The average molecular weight is 294 g/mol. The summed E-state index contributed by atoms with van der Waals surface area (Å²) in [5.74, 6) is 0.686. The molecule has 1 fully saturated rings. The molecule has 0 amide bonds. The molecule has 3 rings (SSSR count). The Labute approximate surface area is 129 Å². The summed E-state index contributed by atoms with van der Waals surface area (Å²) >= 11 is 1.58. The monoisotopic (exact) mass is 294 g/mol. The lowest BCUT2D eigenvalue weighted by molar-refractivity contribution is 0.454. The summed E-state index contributed by atoms with van der Waals surface area (Å²) in [6.45, 7) is 2.27. The van der Waals surface area contributed by atoms with E-state index in [0.29, 0.717) is 5.92 Å². The number of nitrogens with zero attached hydrogens (tertiary/aromatic N) is 2. The van der Waals surface area contributed by atoms with E-state index in [0.717, 1.165) is 34.7 Å². The molecule has 1 saturated carbocycles. The largest absolute Gasteiger partial charge is 0.235 e. The molecule has 1 aromatic heterocycles. The van der Waals surface area contributed by atoms with E-state index in [-0.39, 0.29) is 0 Å². The Morgan fingerprint density at radius 1 is 1.33 bits per heavy atom. The lowest BCUT2D eigenvalue weighted by Crippen LogP contribution is -2.06. The average Bonchev–Trinajstić information content (AvgIpc) is 2.99. The molecule has 1 aromatic carbocycles. The maximum atomic E-state index is 9.56. The van der Waals surface area contributed by atoms with Gasteiger partial charge in [0.05, 0.1) is 11.3 Å². The van der Waals surface area contributed by atoms with Crippen molar-refractivity contribution < 1.29 is 0 Å². The molecule has 1 aliphatic rings. The Morgan fingerprint density at radius 2 is 2.14 bits per heavy atom. The van der Waals surface area contributed by atoms with Gasteiger partial charge in [0.2, 0.25) is 0 Å². The van der Waals surface area contributed by atoms with Gasteiger partial charge in [0.15, 0.2) is 0 Å². The van der Waals surface area contributed by atoms with Crippen LogP contribution in [0.1, 0.15) is 37.6 Å². The molecule has 1 aliphatic carbocycles. The first-order valence-electron chi connectivity index (χ1n) is 7.41. The number of rotatable bonds is 2. The summed E-state index contributed by atoms with van der Waals surface area (Å²) in [7, 11) is 0. The van der Waals surface area contributed by atoms with E-state index in [1.165, 1.54) is 18.4 Å². The molecule has 0 spiro atoms. The highest BCUT2D eigenvalue weighted by atomic mass is 32.1. The van der Waals surface area contributed by atoms with Crippen molar-refractivity contribution in [3.63, 3.8) is 0 Å². The topological polar surface area (TPSA) is 36.7 Å². The Hall–Kier alpha value is -1.92. The van der Waals surface area contributed by atoms with Crippen LogP contribution in [-0.2, 0) is 0 Å². The number of allylic oxidation sites excluding steroid dienone is 2. The molecule has 2 nitrogen and oxygen atoms in total. The van der Waals surface area contributed by atoms with Gasteiger partial charge in [-0.3, -0.25) is 0 Å². The van der Waals surface area contributed by atoms with Gasteiger partial charge in [-0.25, -0.2) is 4.98 Å². The fraction of sp³-hybridized carbons (Fsp3) is 0.333. The number of nitriles is 1. The number of hydrogen-bond donors (Lipinski definition) is 0. The predicted molar refractivity (Wildman–Crippen MR) is 87.7 cm³/mol. The Kier molecular flexibility index (Phi) is 4.17. The summed E-state index contributed by atoms with van der Waals surface area (Å²) in [5.41, 5.74) is 4.19. The fourth-order valence-corrected chi connectivity index (χ4v) is 3.79. The van der Waals surface area contributed by atoms with Crippen LogP contribution < -0.4 is 0 Å². The minimum atomic E-state index is 0.686. The zero-order valence-electron chi connectivity index (χ0n) is 12.2. The van der Waals surface area contributed by atoms with Crippen LogP contribution in [0.25, 0.3) is 16.8 Å². The molecule has 0 saturated heterocycles. The Balaban J connectivity index is 1.95. The van der Waals surface area contributed by atoms with Gasteiger partial charge in [0.1, 0.15) is 11.1 Å². The lowest BCUT2D eigenvalue weighted by Gasteiger charge is -2.21. The quantitative estimate of drug-likeness (QED) is 0.705. The van der Waals surface area contributed by atoms with Gasteiger partial charge in [-0.1, -0.05) is 43.7 Å². The van der Waals surface area contributed by atoms with Gasteiger partial charge in [-0.2, -0.15) is 5.26 Å². The molecule has 0 aliphatic heterocycles. The van der Waals surface area contributed by atoms with Gasteiger partial charge in [0, 0.05) is 10.9 Å². The molecule has 0 bridgehead atoms. The molecule has 106 valence electrons. The molecule has 1 atom stereocenters. The van der Waals surface area contributed by atoms with Gasteiger partial charge in [-0.05, 0) is 30.8 Å². The van der Waals surface area contributed by atoms with E-state index in [1.54, 1.807) is 11.3 Å². The minimum absolute atomic E-state index is 0.686. The molecule has 0 unspecified atom stereocenters. The van der Waals surface area contributed by atoms with E-state index >= 15 is 0 Å². The highest BCUT2D eigenvalue weighted by Crippen LogP contribution is 2.35. The molecular formula is C18H18N2S. The van der Waals surface area contributed by atoms with Crippen LogP contribution in [0.3, 0.4) is 0 Å². The number of thiazole rings is 1. The third kappa shape index (κ3) is 3.06. The van der Waals surface area contributed by atoms with Crippen molar-refractivity contribution in [1.29, 1.82) is 5.26 Å². The smallest absolute Gasteiger partial charge is 0.134 e. The van der Waals surface area contributed by atoms with E-state index in [4.69, 9.17) is 4.98 Å². The van der Waals surface area contributed by atoms with Crippen molar-refractivity contribution in [3.8, 4) is 17.3 Å². The van der Waals surface area contributed by atoms with Crippen LogP contribution in [0.4, 0.5) is 0 Å². The first kappa shape index (κ1) is 14.0. The minimum Gasteiger partial charge on any atom is -0.235 e. The van der Waals surface area contributed by atoms with Crippen LogP contribution >= 0.6 is 11.3 Å². The summed E-state index contributed by atoms with van der Waals surface area (Å²) in [4.78, 5) is 4.69. The lowest BCUT2D eigenvalue weighted by atomic mass is 9.84. The normalized spacial score (nSPS) is 20.9. The maximum Gasteiger partial charge on any atom is 0.134 e. The number of benzene rings is 1. The van der Waals surface area contributed by atoms with Crippen LogP contribution in [-0.4, -0.2) is 4.98 Å². The van der Waals surface area contributed by atoms with E-state index in [9.17, 15) is 5.26 Å². The molecule has 2 aromatic rings. The van der Waals surface area contributed by atoms with Crippen molar-refractivity contribution in [1.82, 2.24) is 4.98 Å². The van der Waals surface area contributed by atoms with Crippen molar-refractivity contribution in [2.75, 3.05) is 0 Å². The van der Waals surface area contributed by atoms with Gasteiger partial charge in [0.25, 0.3) is 0 Å². The third-order valence-corrected chi connectivity index (χ3v) is 4.88. The molecule has 21 heavy (non-hydrogen) atoms. The standard InChI is InChI=1S/C18H18N2S/c1-13-6-5-9-15(10-13)16(11-19)18-20-17(12-21-18)14-7-3-2-4-8-14/h2-4,7-8,12-13H,5-6,9-10H2,1H3/b16-15-/t13-/m1/s1. The van der Waals surface area contributed by atoms with E-state index in [1.807, 2.05) is 18.2 Å². The zero-order chi connectivity index (χ0) is 14.7. The zero-order valence-corrected chi connectivity index (χ0v) is 13.0. The first-order chi connectivity index (χ1) is 10.3. The molecule has 0 N–H and O–H groups in total. The van der Waals surface area contributed by atoms with Crippen molar-refractivity contribution >= 4 is 16.9 Å². The number of hydrogen-bond acceptors (Lipinski definition) is 3. The second kappa shape index (κ2) is 6.24. The highest BCUT2D eigenvalue weighted by molar-refractivity contribution is 7.11. The Morgan fingerprint density at radius 3 is 2.86 bits per heavy atom. The van der Waals surface area contributed by atoms with Crippen molar-refractivity contribution in [2.45, 2.75) is 32.6 Å². The molecule has 0 radical (unpaired) electrons. The first-order valence-corrected chi connectivity index (χ1v) is 8.29. The maximum absolute atomic E-state index is 9.56. The van der Waals surface area contributed by atoms with Gasteiger partial charge >= 0.3 is 0 Å². The van der Waals surface area contributed by atoms with Crippen LogP contribution in [0.5, 0.6) is 0 Å². The van der Waals surface area contributed by atoms with Crippen LogP contribution in [0.15, 0.2) is 41.3 Å². The van der Waals surface area contributed by atoms with Gasteiger partial charge in [-0.15, -0.1) is 11.3 Å². The fourth-order valence-electron chi connectivity index (χ4n) is 2.92. The molecule has 1 heterocycles. The van der Waals surface area contributed by atoms with Crippen molar-refractivity contribution in [3.05, 3.63) is 46.3 Å². The summed E-state index contributed by atoms with van der Waals surface area (Å²) in [6.07, 6.45) is 4.56. The summed E-state index contributed by atoms with van der Waals surface area (Å²) < 4.78 is 0. The van der Waals surface area contributed by atoms with E-state index < -0.39 is 0 Å². The summed E-state index contributed by atoms with van der Waals surface area (Å²) in [6, 6.07) is 12.5. The molecular weight excluding hydrogens is 276 g/mol. The van der Waals surface area contributed by atoms with Crippen molar-refractivity contribution in [2.24, 2.45) is 5.92 Å². The number of aromatic nitrogens is 1. The van der Waals surface area contributed by atoms with E-state index in [2.05, 4.69) is 30.5 Å². The third-order valence-electron chi connectivity index (χ3n) is 4.02. The SMILES string of the molecule is C[C@@H]1CCC/C(=C(\C#N)c2nc(-c3ccccc3)cs2)C1.